The van der Waals surface area contributed by atoms with Crippen molar-refractivity contribution in [3.8, 4) is 0 Å². The zero-order valence-corrected chi connectivity index (χ0v) is 6.90. The number of benzene rings is 1. The summed E-state index contributed by atoms with van der Waals surface area (Å²) < 4.78 is 9.75. The topological polar surface area (TPSA) is 35.5 Å². The predicted octanol–water partition coefficient (Wildman–Crippen LogP) is 1.72. The first-order valence-electron chi connectivity index (χ1n) is 3.92. The third-order valence-corrected chi connectivity index (χ3v) is 1.73. The molecule has 2 rings (SSSR count). The summed E-state index contributed by atoms with van der Waals surface area (Å²) in [6, 6.07) is 8.96. The lowest BCUT2D eigenvalue weighted by Crippen LogP contribution is -2.03. The van der Waals surface area contributed by atoms with Crippen LogP contribution in [0.4, 0.5) is 0 Å². The third kappa shape index (κ3) is 1.54. The number of carbonyl (C=O) groups is 1. The lowest BCUT2D eigenvalue weighted by atomic mass is 10.1. The van der Waals surface area contributed by atoms with Crippen LogP contribution in [0, 0.1) is 0 Å². The van der Waals surface area contributed by atoms with Gasteiger partial charge in [0, 0.05) is 5.56 Å². The predicted molar refractivity (Wildman–Crippen MR) is 45.9 cm³/mol. The Labute approximate surface area is 75.6 Å². The van der Waals surface area contributed by atoms with Crippen molar-refractivity contribution in [2.45, 2.75) is 0 Å². The maximum Gasteiger partial charge on any atom is 0.230 e. The minimum Gasteiger partial charge on any atom is -0.461 e. The SMILES string of the molecule is O=C(C1=COCO1)c1ccccc1. The lowest BCUT2D eigenvalue weighted by molar-refractivity contribution is 0.0684. The molecule has 0 unspecified atom stereocenters. The summed E-state index contributed by atoms with van der Waals surface area (Å²) in [7, 11) is 0. The molecular weight excluding hydrogens is 168 g/mol. The molecule has 0 radical (unpaired) electrons. The Morgan fingerprint density at radius 3 is 2.62 bits per heavy atom. The second-order valence-corrected chi connectivity index (χ2v) is 2.61. The van der Waals surface area contributed by atoms with Gasteiger partial charge < -0.3 is 9.47 Å². The van der Waals surface area contributed by atoms with Crippen molar-refractivity contribution in [2.75, 3.05) is 6.79 Å². The fraction of sp³-hybridized carbons (Fsp3) is 0.100. The average Bonchev–Trinajstić information content (AvgIpc) is 2.71. The highest BCUT2D eigenvalue weighted by Gasteiger charge is 2.17. The molecule has 0 amide bonds. The van der Waals surface area contributed by atoms with Gasteiger partial charge in [0.15, 0.2) is 0 Å². The number of hydrogen-bond acceptors (Lipinski definition) is 3. The van der Waals surface area contributed by atoms with E-state index in [1.807, 2.05) is 18.2 Å². The number of ether oxygens (including phenoxy) is 2. The molecule has 0 saturated heterocycles. The van der Waals surface area contributed by atoms with E-state index in [9.17, 15) is 4.79 Å². The molecule has 0 N–H and O–H groups in total. The van der Waals surface area contributed by atoms with Gasteiger partial charge in [0.1, 0.15) is 6.26 Å². The normalized spacial score (nSPS) is 14.3. The van der Waals surface area contributed by atoms with Crippen molar-refractivity contribution >= 4 is 5.78 Å². The summed E-state index contributed by atoms with van der Waals surface area (Å²) in [5.41, 5.74) is 0.610. The van der Waals surface area contributed by atoms with E-state index < -0.39 is 0 Å². The van der Waals surface area contributed by atoms with Crippen molar-refractivity contribution in [1.29, 1.82) is 0 Å². The monoisotopic (exact) mass is 176 g/mol. The van der Waals surface area contributed by atoms with Gasteiger partial charge in [-0.3, -0.25) is 4.79 Å². The smallest absolute Gasteiger partial charge is 0.230 e. The Morgan fingerprint density at radius 2 is 2.00 bits per heavy atom. The molecule has 1 aliphatic rings. The van der Waals surface area contributed by atoms with E-state index in [1.54, 1.807) is 12.1 Å². The molecule has 1 aromatic carbocycles. The zero-order valence-electron chi connectivity index (χ0n) is 6.90. The fourth-order valence-electron chi connectivity index (χ4n) is 1.09. The maximum absolute atomic E-state index is 11.6. The average molecular weight is 176 g/mol. The molecule has 0 bridgehead atoms. The van der Waals surface area contributed by atoms with Gasteiger partial charge in [-0.2, -0.15) is 0 Å². The first-order chi connectivity index (χ1) is 6.38. The van der Waals surface area contributed by atoms with Gasteiger partial charge in [0.2, 0.25) is 18.3 Å². The van der Waals surface area contributed by atoms with Crippen LogP contribution in [0.25, 0.3) is 0 Å². The first-order valence-corrected chi connectivity index (χ1v) is 3.92. The maximum atomic E-state index is 11.6. The third-order valence-electron chi connectivity index (χ3n) is 1.73. The lowest BCUT2D eigenvalue weighted by Gasteiger charge is -1.99. The van der Waals surface area contributed by atoms with E-state index in [1.165, 1.54) is 6.26 Å². The van der Waals surface area contributed by atoms with Crippen molar-refractivity contribution in [2.24, 2.45) is 0 Å². The zero-order chi connectivity index (χ0) is 9.10. The highest BCUT2D eigenvalue weighted by atomic mass is 16.7. The van der Waals surface area contributed by atoms with E-state index in [2.05, 4.69) is 0 Å². The van der Waals surface area contributed by atoms with Gasteiger partial charge in [-0.15, -0.1) is 0 Å². The molecule has 1 aliphatic heterocycles. The Bertz CT molecular complexity index is 340. The number of allylic oxidation sites excluding steroid dienone is 1. The molecule has 0 spiro atoms. The fourth-order valence-corrected chi connectivity index (χ4v) is 1.09. The molecule has 0 saturated carbocycles. The summed E-state index contributed by atoms with van der Waals surface area (Å²) in [5.74, 6) is 0.129. The number of hydrogen-bond donors (Lipinski definition) is 0. The van der Waals surface area contributed by atoms with Crippen molar-refractivity contribution in [1.82, 2.24) is 0 Å². The largest absolute Gasteiger partial charge is 0.461 e. The minimum atomic E-state index is -0.141. The number of Topliss-reactive ketones (excluding diaryl/α,β-unsaturated/α-hetero) is 1. The van der Waals surface area contributed by atoms with Gasteiger partial charge in [-0.05, 0) is 0 Å². The van der Waals surface area contributed by atoms with Crippen LogP contribution in [0.1, 0.15) is 10.4 Å². The standard InChI is InChI=1S/C10H8O3/c11-10(9-6-12-7-13-9)8-4-2-1-3-5-8/h1-6H,7H2. The van der Waals surface area contributed by atoms with Crippen molar-refractivity contribution < 1.29 is 14.3 Å². The van der Waals surface area contributed by atoms with E-state index >= 15 is 0 Å². The summed E-state index contributed by atoms with van der Waals surface area (Å²) in [5, 5.41) is 0. The van der Waals surface area contributed by atoms with Crippen LogP contribution >= 0.6 is 0 Å². The van der Waals surface area contributed by atoms with Crippen LogP contribution in [0.2, 0.25) is 0 Å². The van der Waals surface area contributed by atoms with Crippen LogP contribution in [0.5, 0.6) is 0 Å². The quantitative estimate of drug-likeness (QED) is 0.643. The second-order valence-electron chi connectivity index (χ2n) is 2.61. The molecule has 3 heteroatoms. The molecule has 0 aliphatic carbocycles. The molecule has 0 fully saturated rings. The number of rotatable bonds is 2. The highest BCUT2D eigenvalue weighted by Crippen LogP contribution is 2.13. The Hall–Kier alpha value is -1.77. The summed E-state index contributed by atoms with van der Waals surface area (Å²) in [6.07, 6.45) is 1.34. The minimum absolute atomic E-state index is 0.133. The van der Waals surface area contributed by atoms with Crippen LogP contribution in [-0.2, 0) is 9.47 Å². The van der Waals surface area contributed by atoms with E-state index in [0.717, 1.165) is 0 Å². The number of ketones is 1. The van der Waals surface area contributed by atoms with Gasteiger partial charge in [0.05, 0.1) is 0 Å². The van der Waals surface area contributed by atoms with Crippen molar-refractivity contribution in [3.63, 3.8) is 0 Å². The Morgan fingerprint density at radius 1 is 1.23 bits per heavy atom. The van der Waals surface area contributed by atoms with Crippen LogP contribution in [0.3, 0.4) is 0 Å². The van der Waals surface area contributed by atoms with Crippen molar-refractivity contribution in [3.05, 3.63) is 47.9 Å². The van der Waals surface area contributed by atoms with E-state index in [-0.39, 0.29) is 18.3 Å². The van der Waals surface area contributed by atoms with E-state index in [0.29, 0.717) is 5.56 Å². The highest BCUT2D eigenvalue weighted by molar-refractivity contribution is 6.07. The van der Waals surface area contributed by atoms with Crippen LogP contribution < -0.4 is 0 Å². The summed E-state index contributed by atoms with van der Waals surface area (Å²) in [4.78, 5) is 11.6. The second kappa shape index (κ2) is 3.31. The number of carbonyl (C=O) groups excluding carboxylic acids is 1. The molecule has 1 aromatic rings. The first kappa shape index (κ1) is 7.86. The molecule has 13 heavy (non-hydrogen) atoms. The molecule has 3 nitrogen and oxygen atoms in total. The summed E-state index contributed by atoms with van der Waals surface area (Å²) >= 11 is 0. The summed E-state index contributed by atoms with van der Waals surface area (Å²) in [6.45, 7) is 0.133. The van der Waals surface area contributed by atoms with Gasteiger partial charge in [-0.1, -0.05) is 30.3 Å². The van der Waals surface area contributed by atoms with Gasteiger partial charge in [-0.25, -0.2) is 0 Å². The Balaban J connectivity index is 2.23. The molecular formula is C10H8O3. The van der Waals surface area contributed by atoms with Gasteiger partial charge in [0.25, 0.3) is 0 Å². The Kier molecular flexibility index (Phi) is 2.00. The van der Waals surface area contributed by atoms with Crippen LogP contribution in [0.15, 0.2) is 42.4 Å². The molecule has 0 aromatic heterocycles. The molecule has 66 valence electrons. The van der Waals surface area contributed by atoms with E-state index in [4.69, 9.17) is 9.47 Å². The molecule has 1 heterocycles. The van der Waals surface area contributed by atoms with Gasteiger partial charge >= 0.3 is 0 Å². The van der Waals surface area contributed by atoms with Crippen LogP contribution in [-0.4, -0.2) is 12.6 Å². The molecule has 0 atom stereocenters.